The highest BCUT2D eigenvalue weighted by atomic mass is 35.5. The number of alkyl halides is 3. The predicted octanol–water partition coefficient (Wildman–Crippen LogP) is 4.94. The first-order valence-electron chi connectivity index (χ1n) is 9.03. The summed E-state index contributed by atoms with van der Waals surface area (Å²) in [6, 6.07) is 7.41. The van der Waals surface area contributed by atoms with Gasteiger partial charge in [0.15, 0.2) is 0 Å². The van der Waals surface area contributed by atoms with E-state index in [4.69, 9.17) is 11.6 Å². The molecule has 1 fully saturated rings. The van der Waals surface area contributed by atoms with Crippen LogP contribution >= 0.6 is 11.6 Å². The van der Waals surface area contributed by atoms with Crippen molar-refractivity contribution in [3.05, 3.63) is 53.3 Å². The van der Waals surface area contributed by atoms with Crippen molar-refractivity contribution in [2.24, 2.45) is 0 Å². The maximum atomic E-state index is 13.2. The number of nitrogens with zero attached hydrogens (tertiary/aromatic N) is 3. The van der Waals surface area contributed by atoms with E-state index in [1.807, 2.05) is 6.07 Å². The Bertz CT molecular complexity index is 1170. The number of para-hydroxylation sites is 1. The summed E-state index contributed by atoms with van der Waals surface area (Å²) in [5, 5.41) is -0.285. The fraction of sp³-hybridized carbons (Fsp3) is 0.316. The SMILES string of the molecule is O=S(=O)(c1cc(C(F)(F)F)ccc1Cl)n1cnc2c(N3CCCCC3)cccc21. The molecule has 29 heavy (non-hydrogen) atoms. The van der Waals surface area contributed by atoms with Crippen LogP contribution in [0.1, 0.15) is 24.8 Å². The lowest BCUT2D eigenvalue weighted by Gasteiger charge is -2.28. The summed E-state index contributed by atoms with van der Waals surface area (Å²) in [4.78, 5) is 5.79. The number of piperidine rings is 1. The fourth-order valence-corrected chi connectivity index (χ4v) is 5.36. The Balaban J connectivity index is 1.85. The minimum atomic E-state index is -4.69. The Morgan fingerprint density at radius 3 is 2.45 bits per heavy atom. The number of fused-ring (bicyclic) bond motifs is 1. The summed E-state index contributed by atoms with van der Waals surface area (Å²) in [6.45, 7) is 1.69. The van der Waals surface area contributed by atoms with Crippen LogP contribution in [-0.2, 0) is 16.2 Å². The van der Waals surface area contributed by atoms with E-state index < -0.39 is 26.7 Å². The van der Waals surface area contributed by atoms with Gasteiger partial charge < -0.3 is 4.90 Å². The molecule has 0 radical (unpaired) electrons. The Kier molecular flexibility index (Phi) is 4.98. The van der Waals surface area contributed by atoms with E-state index in [1.165, 1.54) is 0 Å². The van der Waals surface area contributed by atoms with Crippen LogP contribution in [0.15, 0.2) is 47.6 Å². The highest BCUT2D eigenvalue weighted by Crippen LogP contribution is 2.35. The second-order valence-electron chi connectivity index (χ2n) is 6.88. The van der Waals surface area contributed by atoms with Crippen LogP contribution in [0.4, 0.5) is 18.9 Å². The van der Waals surface area contributed by atoms with Crippen LogP contribution in [0.3, 0.4) is 0 Å². The molecule has 0 N–H and O–H groups in total. The fourth-order valence-electron chi connectivity index (χ4n) is 3.57. The maximum absolute atomic E-state index is 13.2. The molecule has 0 spiro atoms. The van der Waals surface area contributed by atoms with E-state index in [0.717, 1.165) is 60.5 Å². The van der Waals surface area contributed by atoms with Gasteiger partial charge >= 0.3 is 6.18 Å². The molecular weight excluding hydrogens is 427 g/mol. The zero-order valence-electron chi connectivity index (χ0n) is 15.2. The van der Waals surface area contributed by atoms with Crippen molar-refractivity contribution in [2.45, 2.75) is 30.3 Å². The van der Waals surface area contributed by atoms with Gasteiger partial charge in [0, 0.05) is 13.1 Å². The Morgan fingerprint density at radius 2 is 1.76 bits per heavy atom. The number of anilines is 1. The average molecular weight is 444 g/mol. The minimum absolute atomic E-state index is 0.285. The number of halogens is 4. The Hall–Kier alpha value is -2.26. The topological polar surface area (TPSA) is 55.2 Å². The maximum Gasteiger partial charge on any atom is 0.416 e. The summed E-state index contributed by atoms with van der Waals surface area (Å²) in [7, 11) is -4.38. The third kappa shape index (κ3) is 3.57. The molecule has 1 aliphatic rings. The Morgan fingerprint density at radius 1 is 1.03 bits per heavy atom. The molecule has 1 aliphatic heterocycles. The van der Waals surface area contributed by atoms with Gasteiger partial charge in [0.25, 0.3) is 10.0 Å². The molecule has 0 unspecified atom stereocenters. The normalized spacial score (nSPS) is 15.8. The van der Waals surface area contributed by atoms with Gasteiger partial charge in [-0.2, -0.15) is 13.2 Å². The first-order chi connectivity index (χ1) is 13.7. The summed E-state index contributed by atoms with van der Waals surface area (Å²) in [6.07, 6.45) is -0.356. The van der Waals surface area contributed by atoms with Crippen LogP contribution in [0.25, 0.3) is 11.0 Å². The number of benzene rings is 2. The van der Waals surface area contributed by atoms with Gasteiger partial charge in [0.1, 0.15) is 16.7 Å². The smallest absolute Gasteiger partial charge is 0.370 e. The van der Waals surface area contributed by atoms with Crippen molar-refractivity contribution in [3.8, 4) is 0 Å². The standard InChI is InChI=1S/C19H17ClF3N3O2S/c20-14-8-7-13(19(21,22)23)11-17(14)29(27,28)26-12-24-18-15(5-4-6-16(18)26)25-9-2-1-3-10-25/h4-8,11-12H,1-3,9-10H2. The van der Waals surface area contributed by atoms with E-state index in [9.17, 15) is 21.6 Å². The van der Waals surface area contributed by atoms with E-state index in [2.05, 4.69) is 9.88 Å². The zero-order valence-corrected chi connectivity index (χ0v) is 16.7. The van der Waals surface area contributed by atoms with Crippen LogP contribution in [-0.4, -0.2) is 30.5 Å². The van der Waals surface area contributed by atoms with E-state index in [1.54, 1.807) is 12.1 Å². The third-order valence-corrected chi connectivity index (χ3v) is 7.16. The van der Waals surface area contributed by atoms with Gasteiger partial charge in [-0.25, -0.2) is 17.4 Å². The summed E-state index contributed by atoms with van der Waals surface area (Å²) in [5.74, 6) is 0. The lowest BCUT2D eigenvalue weighted by Crippen LogP contribution is -2.29. The van der Waals surface area contributed by atoms with Crippen LogP contribution in [0, 0.1) is 0 Å². The van der Waals surface area contributed by atoms with E-state index in [0.29, 0.717) is 17.1 Å². The van der Waals surface area contributed by atoms with E-state index in [-0.39, 0.29) is 5.02 Å². The average Bonchev–Trinajstić information content (AvgIpc) is 3.13. The molecule has 1 saturated heterocycles. The molecule has 4 rings (SSSR count). The molecule has 154 valence electrons. The lowest BCUT2D eigenvalue weighted by atomic mass is 10.1. The van der Waals surface area contributed by atoms with Gasteiger partial charge in [0.05, 0.1) is 21.8 Å². The van der Waals surface area contributed by atoms with Crippen molar-refractivity contribution < 1.29 is 21.6 Å². The highest BCUT2D eigenvalue weighted by Gasteiger charge is 2.33. The van der Waals surface area contributed by atoms with Gasteiger partial charge in [-0.1, -0.05) is 17.7 Å². The molecule has 2 aromatic carbocycles. The zero-order chi connectivity index (χ0) is 20.8. The molecule has 0 atom stereocenters. The van der Waals surface area contributed by atoms with Crippen molar-refractivity contribution in [1.82, 2.24) is 8.96 Å². The predicted molar refractivity (Wildman–Crippen MR) is 105 cm³/mol. The number of hydrogen-bond donors (Lipinski definition) is 0. The van der Waals surface area contributed by atoms with Gasteiger partial charge in [-0.3, -0.25) is 0 Å². The first-order valence-corrected chi connectivity index (χ1v) is 10.8. The first kappa shape index (κ1) is 20.0. The number of aromatic nitrogens is 2. The third-order valence-electron chi connectivity index (χ3n) is 5.01. The van der Waals surface area contributed by atoms with Crippen LogP contribution in [0.5, 0.6) is 0 Å². The second kappa shape index (κ2) is 7.21. The van der Waals surface area contributed by atoms with Crippen molar-refractivity contribution in [1.29, 1.82) is 0 Å². The van der Waals surface area contributed by atoms with Crippen molar-refractivity contribution in [2.75, 3.05) is 18.0 Å². The monoisotopic (exact) mass is 443 g/mol. The van der Waals surface area contributed by atoms with Crippen LogP contribution < -0.4 is 4.90 Å². The summed E-state index contributed by atoms with van der Waals surface area (Å²) in [5.41, 5.74) is 0.507. The van der Waals surface area contributed by atoms with Gasteiger partial charge in [0.2, 0.25) is 0 Å². The van der Waals surface area contributed by atoms with Gasteiger partial charge in [-0.05, 0) is 49.6 Å². The number of imidazole rings is 1. The number of hydrogen-bond acceptors (Lipinski definition) is 4. The van der Waals surface area contributed by atoms with Crippen molar-refractivity contribution >= 4 is 38.3 Å². The van der Waals surface area contributed by atoms with Gasteiger partial charge in [-0.15, -0.1) is 0 Å². The van der Waals surface area contributed by atoms with E-state index >= 15 is 0 Å². The molecular formula is C19H17ClF3N3O2S. The quantitative estimate of drug-likeness (QED) is 0.575. The molecule has 1 aromatic heterocycles. The molecule has 5 nitrogen and oxygen atoms in total. The molecule has 0 aliphatic carbocycles. The summed E-state index contributed by atoms with van der Waals surface area (Å²) < 4.78 is 66.4. The number of rotatable bonds is 3. The molecule has 0 amide bonds. The molecule has 3 aromatic rings. The highest BCUT2D eigenvalue weighted by molar-refractivity contribution is 7.90. The largest absolute Gasteiger partial charge is 0.416 e. The summed E-state index contributed by atoms with van der Waals surface area (Å²) >= 11 is 5.96. The van der Waals surface area contributed by atoms with Crippen LogP contribution in [0.2, 0.25) is 5.02 Å². The molecule has 0 bridgehead atoms. The minimum Gasteiger partial charge on any atom is -0.370 e. The molecule has 0 saturated carbocycles. The Labute approximate surface area is 170 Å². The second-order valence-corrected chi connectivity index (χ2v) is 9.07. The van der Waals surface area contributed by atoms with Crippen molar-refractivity contribution in [3.63, 3.8) is 0 Å². The molecule has 2 heterocycles. The molecule has 10 heteroatoms. The lowest BCUT2D eigenvalue weighted by molar-refractivity contribution is -0.137.